The predicted molar refractivity (Wildman–Crippen MR) is 55.5 cm³/mol. The maximum absolute atomic E-state index is 11.9. The minimum absolute atomic E-state index is 0.0791. The van der Waals surface area contributed by atoms with E-state index in [2.05, 4.69) is 4.98 Å². The molecule has 1 aliphatic rings. The molecule has 1 saturated heterocycles. The van der Waals surface area contributed by atoms with Gasteiger partial charge in [0, 0.05) is 32.0 Å². The van der Waals surface area contributed by atoms with Crippen molar-refractivity contribution in [3.8, 4) is 0 Å². The molecule has 1 fully saturated rings. The minimum Gasteiger partial charge on any atom is -0.381 e. The molecule has 1 aromatic heterocycles. The molecule has 1 atom stereocenters. The average Bonchev–Trinajstić information content (AvgIpc) is 2.66. The van der Waals surface area contributed by atoms with Gasteiger partial charge in [-0.25, -0.2) is 4.98 Å². The van der Waals surface area contributed by atoms with E-state index in [4.69, 9.17) is 4.74 Å². The Hall–Kier alpha value is -1.16. The van der Waals surface area contributed by atoms with Crippen LogP contribution in [0, 0.1) is 5.92 Å². The van der Waals surface area contributed by atoms with Crippen molar-refractivity contribution in [3.05, 3.63) is 18.2 Å². The topological polar surface area (TPSA) is 44.1 Å². The predicted octanol–water partition coefficient (Wildman–Crippen LogP) is 0.958. The molecule has 0 N–H and O–H groups in total. The van der Waals surface area contributed by atoms with Gasteiger partial charge in [-0.05, 0) is 12.8 Å². The summed E-state index contributed by atoms with van der Waals surface area (Å²) in [5, 5.41) is 0. The average molecular weight is 208 g/mol. The van der Waals surface area contributed by atoms with Gasteiger partial charge in [0.15, 0.2) is 0 Å². The van der Waals surface area contributed by atoms with Crippen LogP contribution < -0.4 is 0 Å². The minimum atomic E-state index is 0.0791. The molecular weight excluding hydrogens is 192 g/mol. The van der Waals surface area contributed by atoms with Gasteiger partial charge in [-0.2, -0.15) is 0 Å². The van der Waals surface area contributed by atoms with E-state index in [1.807, 2.05) is 17.8 Å². The molecule has 1 aliphatic heterocycles. The summed E-state index contributed by atoms with van der Waals surface area (Å²) in [5.41, 5.74) is 0. The Balaban J connectivity index is 1.94. The molecule has 2 rings (SSSR count). The number of aryl methyl sites for hydroxylation is 1. The van der Waals surface area contributed by atoms with E-state index in [0.29, 0.717) is 13.0 Å². The van der Waals surface area contributed by atoms with Crippen molar-refractivity contribution in [1.29, 1.82) is 0 Å². The number of ether oxygens (including phenoxy) is 1. The van der Waals surface area contributed by atoms with Gasteiger partial charge in [-0.15, -0.1) is 0 Å². The molecule has 0 bridgehead atoms. The summed E-state index contributed by atoms with van der Waals surface area (Å²) >= 11 is 0. The third-order valence-corrected chi connectivity index (χ3v) is 2.87. The van der Waals surface area contributed by atoms with Gasteiger partial charge in [0.05, 0.1) is 13.0 Å². The maximum atomic E-state index is 11.9. The Labute approximate surface area is 89.3 Å². The summed E-state index contributed by atoms with van der Waals surface area (Å²) in [6, 6.07) is 0. The molecule has 0 saturated carbocycles. The van der Waals surface area contributed by atoms with E-state index in [9.17, 15) is 4.79 Å². The van der Waals surface area contributed by atoms with Crippen molar-refractivity contribution >= 4 is 5.78 Å². The smallest absolute Gasteiger partial charge is 0.145 e. The van der Waals surface area contributed by atoms with Gasteiger partial charge in [0.25, 0.3) is 0 Å². The molecule has 1 unspecified atom stereocenters. The van der Waals surface area contributed by atoms with Crippen LogP contribution in [0.4, 0.5) is 0 Å². The number of aromatic nitrogens is 2. The normalized spacial score (nSPS) is 21.5. The molecule has 0 aliphatic carbocycles. The second kappa shape index (κ2) is 4.57. The van der Waals surface area contributed by atoms with E-state index in [1.54, 1.807) is 6.20 Å². The van der Waals surface area contributed by atoms with Gasteiger partial charge < -0.3 is 9.30 Å². The van der Waals surface area contributed by atoms with E-state index in [-0.39, 0.29) is 11.7 Å². The molecule has 4 nitrogen and oxygen atoms in total. The van der Waals surface area contributed by atoms with E-state index >= 15 is 0 Å². The Kier molecular flexibility index (Phi) is 3.16. The fraction of sp³-hybridized carbons (Fsp3) is 0.636. The zero-order valence-electron chi connectivity index (χ0n) is 8.98. The van der Waals surface area contributed by atoms with Crippen molar-refractivity contribution in [1.82, 2.24) is 9.55 Å². The van der Waals surface area contributed by atoms with E-state index < -0.39 is 0 Å². The van der Waals surface area contributed by atoms with Crippen LogP contribution in [0.3, 0.4) is 0 Å². The standard InChI is InChI=1S/C11H16N2O2/c1-13-5-4-12-11(13)7-10(14)9-3-2-6-15-8-9/h4-5,9H,2-3,6-8H2,1H3. The van der Waals surface area contributed by atoms with E-state index in [0.717, 1.165) is 25.3 Å². The number of hydrogen-bond donors (Lipinski definition) is 0. The maximum Gasteiger partial charge on any atom is 0.145 e. The molecular formula is C11H16N2O2. The molecule has 4 heteroatoms. The fourth-order valence-electron chi connectivity index (χ4n) is 1.86. The zero-order chi connectivity index (χ0) is 10.7. The summed E-state index contributed by atoms with van der Waals surface area (Å²) in [6.45, 7) is 1.38. The fourth-order valence-corrected chi connectivity index (χ4v) is 1.86. The van der Waals surface area contributed by atoms with Gasteiger partial charge in [-0.1, -0.05) is 0 Å². The van der Waals surface area contributed by atoms with Gasteiger partial charge in [0.2, 0.25) is 0 Å². The summed E-state index contributed by atoms with van der Waals surface area (Å²) in [4.78, 5) is 16.0. The summed E-state index contributed by atoms with van der Waals surface area (Å²) in [7, 11) is 1.91. The van der Waals surface area contributed by atoms with Gasteiger partial charge in [0.1, 0.15) is 11.6 Å². The lowest BCUT2D eigenvalue weighted by Gasteiger charge is -2.20. The highest BCUT2D eigenvalue weighted by Gasteiger charge is 2.22. The van der Waals surface area contributed by atoms with Crippen LogP contribution in [0.15, 0.2) is 12.4 Å². The zero-order valence-corrected chi connectivity index (χ0v) is 8.98. The highest BCUT2D eigenvalue weighted by molar-refractivity contribution is 5.82. The number of ketones is 1. The Morgan fingerprint density at radius 1 is 1.73 bits per heavy atom. The van der Waals surface area contributed by atoms with Crippen molar-refractivity contribution in [2.75, 3.05) is 13.2 Å². The first-order chi connectivity index (χ1) is 7.27. The molecule has 1 aromatic rings. The Bertz CT molecular complexity index is 340. The molecule has 2 heterocycles. The van der Waals surface area contributed by atoms with Crippen LogP contribution >= 0.6 is 0 Å². The number of rotatable bonds is 3. The number of nitrogens with zero attached hydrogens (tertiary/aromatic N) is 2. The molecule has 0 radical (unpaired) electrons. The van der Waals surface area contributed by atoms with Crippen molar-refractivity contribution in [2.45, 2.75) is 19.3 Å². The number of hydrogen-bond acceptors (Lipinski definition) is 3. The number of carbonyl (C=O) groups is 1. The summed E-state index contributed by atoms with van der Waals surface area (Å²) < 4.78 is 7.20. The monoisotopic (exact) mass is 208 g/mol. The number of carbonyl (C=O) groups excluding carboxylic acids is 1. The summed E-state index contributed by atoms with van der Waals surface area (Å²) in [6.07, 6.45) is 5.97. The molecule has 15 heavy (non-hydrogen) atoms. The lowest BCUT2D eigenvalue weighted by atomic mass is 9.95. The largest absolute Gasteiger partial charge is 0.381 e. The van der Waals surface area contributed by atoms with Crippen LogP contribution in [-0.4, -0.2) is 28.5 Å². The van der Waals surface area contributed by atoms with Crippen LogP contribution in [0.5, 0.6) is 0 Å². The third kappa shape index (κ3) is 2.45. The van der Waals surface area contributed by atoms with Crippen molar-refractivity contribution in [2.24, 2.45) is 13.0 Å². The number of imidazole rings is 1. The molecule has 0 amide bonds. The highest BCUT2D eigenvalue weighted by atomic mass is 16.5. The van der Waals surface area contributed by atoms with Crippen LogP contribution in [-0.2, 0) is 23.0 Å². The first-order valence-electron chi connectivity index (χ1n) is 5.34. The van der Waals surface area contributed by atoms with Crippen molar-refractivity contribution in [3.63, 3.8) is 0 Å². The second-order valence-corrected chi connectivity index (χ2v) is 4.01. The van der Waals surface area contributed by atoms with Gasteiger partial charge in [-0.3, -0.25) is 4.79 Å². The third-order valence-electron chi connectivity index (χ3n) is 2.87. The van der Waals surface area contributed by atoms with Crippen LogP contribution in [0.2, 0.25) is 0 Å². The lowest BCUT2D eigenvalue weighted by Crippen LogP contribution is -2.27. The Morgan fingerprint density at radius 2 is 2.60 bits per heavy atom. The van der Waals surface area contributed by atoms with Gasteiger partial charge >= 0.3 is 0 Å². The Morgan fingerprint density at radius 3 is 3.20 bits per heavy atom. The molecule has 0 aromatic carbocycles. The number of Topliss-reactive ketones (excluding diaryl/α,β-unsaturated/α-hetero) is 1. The first-order valence-corrected chi connectivity index (χ1v) is 5.34. The van der Waals surface area contributed by atoms with Crippen LogP contribution in [0.1, 0.15) is 18.7 Å². The SMILES string of the molecule is Cn1ccnc1CC(=O)C1CCCOC1. The summed E-state index contributed by atoms with van der Waals surface area (Å²) in [5.74, 6) is 1.17. The van der Waals surface area contributed by atoms with Crippen LogP contribution in [0.25, 0.3) is 0 Å². The lowest BCUT2D eigenvalue weighted by molar-refractivity contribution is -0.126. The first kappa shape index (κ1) is 10.4. The van der Waals surface area contributed by atoms with Crippen molar-refractivity contribution < 1.29 is 9.53 Å². The quantitative estimate of drug-likeness (QED) is 0.743. The van der Waals surface area contributed by atoms with E-state index in [1.165, 1.54) is 0 Å². The molecule has 0 spiro atoms. The highest BCUT2D eigenvalue weighted by Crippen LogP contribution is 2.16. The second-order valence-electron chi connectivity index (χ2n) is 4.01. The molecule has 82 valence electrons.